The first-order valence-corrected chi connectivity index (χ1v) is 6.17. The predicted molar refractivity (Wildman–Crippen MR) is 74.0 cm³/mol. The van der Waals surface area contributed by atoms with E-state index in [-0.39, 0.29) is 11.9 Å². The number of nitrogens with one attached hydrogen (secondary N) is 1. The van der Waals surface area contributed by atoms with Crippen LogP contribution in [0.1, 0.15) is 6.92 Å². The van der Waals surface area contributed by atoms with Crippen LogP contribution < -0.4 is 11.1 Å². The second-order valence-corrected chi connectivity index (χ2v) is 4.77. The topological polar surface area (TPSA) is 68.8 Å². The summed E-state index contributed by atoms with van der Waals surface area (Å²) in [5.74, 6) is 0.785. The maximum Gasteiger partial charge on any atom is 0.147 e. The molecule has 2 aromatic heterocycles. The second kappa shape index (κ2) is 5.46. The fraction of sp³-hybridized carbons (Fsp3) is 0.273. The number of rotatable bonds is 4. The van der Waals surface area contributed by atoms with E-state index in [4.69, 9.17) is 28.9 Å². The van der Waals surface area contributed by atoms with Crippen LogP contribution in [0.25, 0.3) is 0 Å². The Morgan fingerprint density at radius 1 is 1.44 bits per heavy atom. The molecule has 5 nitrogen and oxygen atoms in total. The molecule has 1 unspecified atom stereocenters. The van der Waals surface area contributed by atoms with Gasteiger partial charge in [-0.05, 0) is 19.1 Å². The van der Waals surface area contributed by atoms with Gasteiger partial charge in [-0.1, -0.05) is 23.2 Å². The Kier molecular flexibility index (Phi) is 3.93. The summed E-state index contributed by atoms with van der Waals surface area (Å²) in [7, 11) is 0. The molecule has 2 aromatic rings. The molecule has 18 heavy (non-hydrogen) atoms. The van der Waals surface area contributed by atoms with E-state index < -0.39 is 0 Å². The largest absolute Gasteiger partial charge is 0.382 e. The van der Waals surface area contributed by atoms with E-state index in [1.165, 1.54) is 0 Å². The normalized spacial score (nSPS) is 12.4. The van der Waals surface area contributed by atoms with Crippen molar-refractivity contribution >= 4 is 34.8 Å². The molecule has 3 N–H and O–H groups in total. The van der Waals surface area contributed by atoms with Gasteiger partial charge in [0.25, 0.3) is 0 Å². The molecule has 2 heterocycles. The summed E-state index contributed by atoms with van der Waals surface area (Å²) >= 11 is 11.9. The monoisotopic (exact) mass is 285 g/mol. The third-order valence-electron chi connectivity index (χ3n) is 2.36. The zero-order valence-electron chi connectivity index (χ0n) is 9.77. The maximum atomic E-state index is 6.04. The van der Waals surface area contributed by atoms with Gasteiger partial charge in [-0.3, -0.25) is 4.68 Å². The first-order valence-electron chi connectivity index (χ1n) is 5.41. The lowest BCUT2D eigenvalue weighted by molar-refractivity contribution is 0.560. The number of nitrogens with two attached hydrogens (primary N) is 1. The van der Waals surface area contributed by atoms with Crippen LogP contribution in [0.3, 0.4) is 0 Å². The summed E-state index contributed by atoms with van der Waals surface area (Å²) in [5, 5.41) is 8.10. The highest BCUT2D eigenvalue weighted by atomic mass is 35.5. The summed E-state index contributed by atoms with van der Waals surface area (Å²) in [6.45, 7) is 2.71. The number of nitrogen functional groups attached to an aromatic ring is 1. The molecule has 0 spiro atoms. The average Bonchev–Trinajstić information content (AvgIpc) is 2.78. The quantitative estimate of drug-likeness (QED) is 0.906. The van der Waals surface area contributed by atoms with Gasteiger partial charge in [0.15, 0.2) is 0 Å². The smallest absolute Gasteiger partial charge is 0.147 e. The fourth-order valence-electron chi connectivity index (χ4n) is 1.55. The van der Waals surface area contributed by atoms with Gasteiger partial charge in [-0.15, -0.1) is 0 Å². The highest BCUT2D eigenvalue weighted by Gasteiger charge is 2.10. The van der Waals surface area contributed by atoms with Crippen molar-refractivity contribution in [2.24, 2.45) is 0 Å². The predicted octanol–water partition coefficient (Wildman–Crippen LogP) is 2.67. The van der Waals surface area contributed by atoms with Gasteiger partial charge in [0.05, 0.1) is 16.6 Å². The lowest BCUT2D eigenvalue weighted by Gasteiger charge is -2.16. The third-order valence-corrected chi connectivity index (χ3v) is 2.95. The lowest BCUT2D eigenvalue weighted by atomic mass is 10.3. The first-order chi connectivity index (χ1) is 8.56. The lowest BCUT2D eigenvalue weighted by Crippen LogP contribution is -2.23. The van der Waals surface area contributed by atoms with Gasteiger partial charge in [-0.2, -0.15) is 5.10 Å². The maximum absolute atomic E-state index is 6.04. The zero-order valence-corrected chi connectivity index (χ0v) is 11.3. The summed E-state index contributed by atoms with van der Waals surface area (Å²) in [6.07, 6.45) is 3.63. The molecule has 0 aliphatic heterocycles. The van der Waals surface area contributed by atoms with Gasteiger partial charge < -0.3 is 11.1 Å². The van der Waals surface area contributed by atoms with E-state index in [1.54, 1.807) is 12.3 Å². The van der Waals surface area contributed by atoms with Gasteiger partial charge in [0, 0.05) is 18.4 Å². The van der Waals surface area contributed by atoms with Crippen molar-refractivity contribution in [2.75, 3.05) is 11.1 Å². The summed E-state index contributed by atoms with van der Waals surface area (Å²) in [4.78, 5) is 4.11. The zero-order chi connectivity index (χ0) is 13.1. The van der Waals surface area contributed by atoms with Crippen molar-refractivity contribution in [2.45, 2.75) is 19.5 Å². The average molecular weight is 286 g/mol. The molecule has 0 fully saturated rings. The first kappa shape index (κ1) is 13.0. The van der Waals surface area contributed by atoms with Crippen molar-refractivity contribution in [3.8, 4) is 0 Å². The van der Waals surface area contributed by atoms with Gasteiger partial charge >= 0.3 is 0 Å². The van der Waals surface area contributed by atoms with E-state index in [2.05, 4.69) is 15.4 Å². The molecule has 0 aromatic carbocycles. The van der Waals surface area contributed by atoms with Crippen LogP contribution in [-0.4, -0.2) is 20.8 Å². The Morgan fingerprint density at radius 2 is 2.22 bits per heavy atom. The van der Waals surface area contributed by atoms with E-state index in [0.29, 0.717) is 22.4 Å². The number of anilines is 2. The molecule has 7 heteroatoms. The number of nitrogens with zero attached hydrogens (tertiary/aromatic N) is 3. The Hall–Kier alpha value is -1.46. The molecule has 96 valence electrons. The van der Waals surface area contributed by atoms with Gasteiger partial charge in [-0.25, -0.2) is 4.98 Å². The molecule has 2 rings (SSSR count). The van der Waals surface area contributed by atoms with Crippen LogP contribution in [0.2, 0.25) is 10.0 Å². The van der Waals surface area contributed by atoms with Crippen LogP contribution in [0.5, 0.6) is 0 Å². The van der Waals surface area contributed by atoms with Crippen molar-refractivity contribution in [1.29, 1.82) is 0 Å². The number of hydrogen-bond acceptors (Lipinski definition) is 4. The third kappa shape index (κ3) is 3.05. The van der Waals surface area contributed by atoms with E-state index in [1.807, 2.05) is 23.9 Å². The summed E-state index contributed by atoms with van der Waals surface area (Å²) in [5.41, 5.74) is 5.64. The molecule has 0 aliphatic carbocycles. The highest BCUT2D eigenvalue weighted by molar-refractivity contribution is 6.37. The molecule has 0 saturated heterocycles. The molecule has 0 bridgehead atoms. The number of pyridine rings is 1. The number of hydrogen-bond donors (Lipinski definition) is 2. The molecule has 0 radical (unpaired) electrons. The fourth-order valence-corrected chi connectivity index (χ4v) is 1.96. The van der Waals surface area contributed by atoms with Crippen molar-refractivity contribution < 1.29 is 0 Å². The Morgan fingerprint density at radius 3 is 2.89 bits per heavy atom. The standard InChI is InChI=1S/C11H13Cl2N5/c1-7(6-18-4-2-3-15-18)16-11-9(13)5-8(12)10(14)17-11/h2-5,7H,6H2,1H3,(H3,14,16,17). The van der Waals surface area contributed by atoms with Gasteiger partial charge in [0.2, 0.25) is 0 Å². The minimum atomic E-state index is 0.107. The summed E-state index contributed by atoms with van der Waals surface area (Å²) in [6, 6.07) is 3.56. The Balaban J connectivity index is 2.07. The minimum Gasteiger partial charge on any atom is -0.382 e. The van der Waals surface area contributed by atoms with Crippen LogP contribution in [0.4, 0.5) is 11.6 Å². The van der Waals surface area contributed by atoms with Crippen LogP contribution in [-0.2, 0) is 6.54 Å². The van der Waals surface area contributed by atoms with E-state index >= 15 is 0 Å². The van der Waals surface area contributed by atoms with Crippen LogP contribution in [0.15, 0.2) is 24.5 Å². The van der Waals surface area contributed by atoms with Crippen LogP contribution in [0, 0.1) is 0 Å². The number of halogens is 2. The molecular formula is C11H13Cl2N5. The van der Waals surface area contributed by atoms with Crippen LogP contribution >= 0.6 is 23.2 Å². The molecule has 0 amide bonds. The molecule has 1 atom stereocenters. The second-order valence-electron chi connectivity index (χ2n) is 3.96. The Labute approximate surface area is 115 Å². The Bertz CT molecular complexity index is 526. The molecule has 0 saturated carbocycles. The highest BCUT2D eigenvalue weighted by Crippen LogP contribution is 2.27. The SMILES string of the molecule is CC(Cn1cccn1)Nc1nc(N)c(Cl)cc1Cl. The minimum absolute atomic E-state index is 0.107. The van der Waals surface area contributed by atoms with Gasteiger partial charge in [0.1, 0.15) is 11.6 Å². The van der Waals surface area contributed by atoms with E-state index in [9.17, 15) is 0 Å². The van der Waals surface area contributed by atoms with Crippen molar-refractivity contribution in [1.82, 2.24) is 14.8 Å². The number of aromatic nitrogens is 3. The van der Waals surface area contributed by atoms with Crippen molar-refractivity contribution in [3.63, 3.8) is 0 Å². The van der Waals surface area contributed by atoms with E-state index in [0.717, 1.165) is 0 Å². The molecular weight excluding hydrogens is 273 g/mol. The molecule has 0 aliphatic rings. The summed E-state index contributed by atoms with van der Waals surface area (Å²) < 4.78 is 1.82. The van der Waals surface area contributed by atoms with Crippen molar-refractivity contribution in [3.05, 3.63) is 34.6 Å².